The van der Waals surface area contributed by atoms with Crippen LogP contribution in [0.1, 0.15) is 15.9 Å². The Balaban J connectivity index is 1.32. The molecule has 2 aromatic rings. The summed E-state index contributed by atoms with van der Waals surface area (Å²) >= 11 is 1.45. The highest BCUT2D eigenvalue weighted by Crippen LogP contribution is 2.34. The molecule has 10 heteroatoms. The van der Waals surface area contributed by atoms with E-state index in [4.69, 9.17) is 9.47 Å². The molecule has 2 aliphatic rings. The molecule has 0 saturated carbocycles. The Labute approximate surface area is 191 Å². The number of thioether (sulfide) groups is 1. The van der Waals surface area contributed by atoms with Gasteiger partial charge in [0.1, 0.15) is 0 Å². The van der Waals surface area contributed by atoms with Crippen LogP contribution in [-0.2, 0) is 16.3 Å². The SMILES string of the molecule is COc1ccc(CCNC(=O)c2cccc(NC3=N[C@@H]4CS(=O)(=O)C[C@@H]4S3)c2)cc1OC. The lowest BCUT2D eigenvalue weighted by atomic mass is 10.1. The van der Waals surface area contributed by atoms with E-state index in [2.05, 4.69) is 15.6 Å². The molecule has 2 N–H and O–H groups in total. The first-order valence-electron chi connectivity index (χ1n) is 10.2. The van der Waals surface area contributed by atoms with E-state index in [1.165, 1.54) is 11.8 Å². The third-order valence-corrected chi connectivity index (χ3v) is 8.48. The molecule has 0 aliphatic carbocycles. The Morgan fingerprint density at radius 3 is 2.69 bits per heavy atom. The molecule has 2 aromatic carbocycles. The summed E-state index contributed by atoms with van der Waals surface area (Å²) in [6.07, 6.45) is 0.656. The number of hydrogen-bond acceptors (Lipinski definition) is 8. The normalized spacial score (nSPS) is 20.9. The molecule has 0 unspecified atom stereocenters. The first-order chi connectivity index (χ1) is 15.4. The second-order valence-corrected chi connectivity index (χ2v) is 11.0. The third-order valence-electron chi connectivity index (χ3n) is 5.34. The summed E-state index contributed by atoms with van der Waals surface area (Å²) in [5.41, 5.74) is 2.31. The van der Waals surface area contributed by atoms with Gasteiger partial charge >= 0.3 is 0 Å². The molecule has 1 fully saturated rings. The summed E-state index contributed by atoms with van der Waals surface area (Å²) < 4.78 is 34.0. The molecule has 2 heterocycles. The number of carbonyl (C=O) groups excluding carboxylic acids is 1. The van der Waals surface area contributed by atoms with Crippen LogP contribution in [0, 0.1) is 0 Å². The number of rotatable bonds is 7. The lowest BCUT2D eigenvalue weighted by Gasteiger charge is -2.11. The number of methoxy groups -OCH3 is 2. The van der Waals surface area contributed by atoms with Crippen LogP contribution in [-0.4, -0.2) is 63.1 Å². The molecule has 0 bridgehead atoms. The number of hydrogen-bond donors (Lipinski definition) is 2. The van der Waals surface area contributed by atoms with E-state index < -0.39 is 9.84 Å². The minimum Gasteiger partial charge on any atom is -0.493 e. The topological polar surface area (TPSA) is 106 Å². The van der Waals surface area contributed by atoms with Crippen LogP contribution in [0.3, 0.4) is 0 Å². The lowest BCUT2D eigenvalue weighted by Crippen LogP contribution is -2.25. The first kappa shape index (κ1) is 22.5. The molecule has 8 nitrogen and oxygen atoms in total. The van der Waals surface area contributed by atoms with Gasteiger partial charge in [-0.25, -0.2) is 8.42 Å². The van der Waals surface area contributed by atoms with Crippen LogP contribution in [0.25, 0.3) is 0 Å². The van der Waals surface area contributed by atoms with Gasteiger partial charge in [0.25, 0.3) is 5.91 Å². The quantitative estimate of drug-likeness (QED) is 0.633. The predicted octanol–water partition coefficient (Wildman–Crippen LogP) is 2.36. The molecule has 32 heavy (non-hydrogen) atoms. The van der Waals surface area contributed by atoms with E-state index in [1.807, 2.05) is 24.3 Å². The highest BCUT2D eigenvalue weighted by molar-refractivity contribution is 8.15. The maximum atomic E-state index is 12.6. The van der Waals surface area contributed by atoms with Gasteiger partial charge in [-0.2, -0.15) is 0 Å². The standard InChI is InChI=1S/C22H25N3O5S2/c1-29-18-7-6-14(10-19(18)30-2)8-9-23-21(26)15-4-3-5-16(11-15)24-22-25-17-12-32(27,28)13-20(17)31-22/h3-7,10-11,17,20H,8-9,12-13H2,1-2H3,(H,23,26)(H,24,25)/t17-,20+/m1/s1. The van der Waals surface area contributed by atoms with Gasteiger partial charge in [0, 0.05) is 23.0 Å². The Bertz CT molecular complexity index is 1150. The van der Waals surface area contributed by atoms with E-state index in [0.717, 1.165) is 11.3 Å². The van der Waals surface area contributed by atoms with Gasteiger partial charge < -0.3 is 20.1 Å². The zero-order valence-electron chi connectivity index (χ0n) is 17.8. The molecule has 1 amide bonds. The van der Waals surface area contributed by atoms with Crippen LogP contribution in [0.5, 0.6) is 11.5 Å². The molecule has 170 valence electrons. The number of amides is 1. The summed E-state index contributed by atoms with van der Waals surface area (Å²) in [5, 5.41) is 6.82. The molecule has 4 rings (SSSR count). The lowest BCUT2D eigenvalue weighted by molar-refractivity contribution is 0.0954. The Kier molecular flexibility index (Phi) is 6.61. The number of amidine groups is 1. The van der Waals surface area contributed by atoms with Crippen molar-refractivity contribution in [2.75, 3.05) is 37.6 Å². The zero-order chi connectivity index (χ0) is 22.7. The maximum absolute atomic E-state index is 12.6. The third kappa shape index (κ3) is 5.18. The fraction of sp³-hybridized carbons (Fsp3) is 0.364. The van der Waals surface area contributed by atoms with Gasteiger partial charge in [0.05, 0.1) is 31.8 Å². The minimum absolute atomic E-state index is 0.0226. The number of nitrogens with zero attached hydrogens (tertiary/aromatic N) is 1. The highest BCUT2D eigenvalue weighted by Gasteiger charge is 2.42. The van der Waals surface area contributed by atoms with Crippen LogP contribution < -0.4 is 20.1 Å². The van der Waals surface area contributed by atoms with E-state index in [1.54, 1.807) is 32.4 Å². The summed E-state index contributed by atoms with van der Waals surface area (Å²) in [4.78, 5) is 17.1. The second kappa shape index (κ2) is 9.41. The number of sulfone groups is 1. The van der Waals surface area contributed by atoms with Crippen molar-refractivity contribution in [3.8, 4) is 11.5 Å². The van der Waals surface area contributed by atoms with Crippen molar-refractivity contribution in [3.05, 3.63) is 53.6 Å². The number of anilines is 1. The van der Waals surface area contributed by atoms with Gasteiger partial charge in [-0.3, -0.25) is 9.79 Å². The molecule has 2 atom stereocenters. The summed E-state index contributed by atoms with van der Waals surface area (Å²) in [7, 11) is 0.205. The highest BCUT2D eigenvalue weighted by atomic mass is 32.2. The van der Waals surface area contributed by atoms with E-state index >= 15 is 0 Å². The van der Waals surface area contributed by atoms with Gasteiger partial charge in [0.2, 0.25) is 0 Å². The predicted molar refractivity (Wildman–Crippen MR) is 127 cm³/mol. The number of aliphatic imine (C=N–C) groups is 1. The molecule has 0 spiro atoms. The molecular weight excluding hydrogens is 450 g/mol. The van der Waals surface area contributed by atoms with Crippen LogP contribution >= 0.6 is 11.8 Å². The van der Waals surface area contributed by atoms with Gasteiger partial charge in [0.15, 0.2) is 26.5 Å². The van der Waals surface area contributed by atoms with Gasteiger partial charge in [-0.15, -0.1) is 0 Å². The zero-order valence-corrected chi connectivity index (χ0v) is 19.5. The fourth-order valence-electron chi connectivity index (χ4n) is 3.74. The maximum Gasteiger partial charge on any atom is 0.251 e. The van der Waals surface area contributed by atoms with Crippen LogP contribution in [0.4, 0.5) is 5.69 Å². The van der Waals surface area contributed by atoms with E-state index in [0.29, 0.717) is 35.2 Å². The Morgan fingerprint density at radius 1 is 1.12 bits per heavy atom. The van der Waals surface area contributed by atoms with Crippen molar-refractivity contribution in [3.63, 3.8) is 0 Å². The Morgan fingerprint density at radius 2 is 1.94 bits per heavy atom. The number of nitrogens with one attached hydrogen (secondary N) is 2. The van der Waals surface area contributed by atoms with Crippen molar-refractivity contribution in [2.24, 2.45) is 4.99 Å². The number of fused-ring (bicyclic) bond motifs is 1. The van der Waals surface area contributed by atoms with Crippen molar-refractivity contribution >= 4 is 38.4 Å². The molecular formula is C22H25N3O5S2. The molecule has 2 aliphatic heterocycles. The molecule has 1 saturated heterocycles. The van der Waals surface area contributed by atoms with E-state index in [-0.39, 0.29) is 28.7 Å². The molecule has 0 radical (unpaired) electrons. The van der Waals surface area contributed by atoms with Gasteiger partial charge in [-0.05, 0) is 42.3 Å². The average molecular weight is 476 g/mol. The van der Waals surface area contributed by atoms with Crippen molar-refractivity contribution in [2.45, 2.75) is 17.7 Å². The second-order valence-electron chi connectivity index (χ2n) is 7.64. The Hall–Kier alpha value is -2.72. The minimum atomic E-state index is -2.98. The van der Waals surface area contributed by atoms with Gasteiger partial charge in [-0.1, -0.05) is 23.9 Å². The monoisotopic (exact) mass is 475 g/mol. The average Bonchev–Trinajstić information content (AvgIpc) is 3.26. The van der Waals surface area contributed by atoms with Crippen molar-refractivity contribution in [1.82, 2.24) is 5.32 Å². The molecule has 0 aromatic heterocycles. The van der Waals surface area contributed by atoms with Crippen LogP contribution in [0.2, 0.25) is 0 Å². The fourth-order valence-corrected chi connectivity index (χ4v) is 7.41. The number of ether oxygens (including phenoxy) is 2. The first-order valence-corrected chi connectivity index (χ1v) is 12.9. The summed E-state index contributed by atoms with van der Waals surface area (Å²) in [6.45, 7) is 0.479. The summed E-state index contributed by atoms with van der Waals surface area (Å²) in [6, 6.07) is 12.7. The van der Waals surface area contributed by atoms with Crippen LogP contribution in [0.15, 0.2) is 47.5 Å². The largest absolute Gasteiger partial charge is 0.493 e. The van der Waals surface area contributed by atoms with Crippen molar-refractivity contribution in [1.29, 1.82) is 0 Å². The summed E-state index contributed by atoms with van der Waals surface area (Å²) in [5.74, 6) is 1.43. The van der Waals surface area contributed by atoms with Crippen molar-refractivity contribution < 1.29 is 22.7 Å². The smallest absolute Gasteiger partial charge is 0.251 e. The van der Waals surface area contributed by atoms with E-state index in [9.17, 15) is 13.2 Å². The number of benzene rings is 2. The number of carbonyl (C=O) groups is 1.